The lowest BCUT2D eigenvalue weighted by atomic mass is 10.0. The molecule has 3 rings (SSSR count). The predicted octanol–water partition coefficient (Wildman–Crippen LogP) is 5.41. The van der Waals surface area contributed by atoms with Gasteiger partial charge in [-0.15, -0.1) is 0 Å². The fourth-order valence-corrected chi connectivity index (χ4v) is 3.10. The van der Waals surface area contributed by atoms with Crippen molar-refractivity contribution in [1.82, 2.24) is 4.90 Å². The predicted molar refractivity (Wildman–Crippen MR) is 115 cm³/mol. The van der Waals surface area contributed by atoms with Crippen LogP contribution in [0.3, 0.4) is 0 Å². The van der Waals surface area contributed by atoms with Gasteiger partial charge in [0.1, 0.15) is 5.75 Å². The number of hydrogen-bond donors (Lipinski definition) is 1. The van der Waals surface area contributed by atoms with Gasteiger partial charge in [-0.05, 0) is 43.3 Å². The van der Waals surface area contributed by atoms with Crippen molar-refractivity contribution < 1.29 is 18.3 Å². The van der Waals surface area contributed by atoms with E-state index in [0.29, 0.717) is 6.54 Å². The fraction of sp³-hybridized carbons (Fsp3) is 0.208. The minimum Gasteiger partial charge on any atom is -0.435 e. The first kappa shape index (κ1) is 21.5. The number of carbonyl (C=O) groups is 1. The van der Waals surface area contributed by atoms with Crippen molar-refractivity contribution in [3.63, 3.8) is 0 Å². The summed E-state index contributed by atoms with van der Waals surface area (Å²) in [7, 11) is 1.84. The maximum atomic E-state index is 12.8. The molecule has 0 unspecified atom stereocenters. The first-order chi connectivity index (χ1) is 14.4. The Kier molecular flexibility index (Phi) is 7.14. The van der Waals surface area contributed by atoms with Gasteiger partial charge in [-0.25, -0.2) is 0 Å². The third-order valence-corrected chi connectivity index (χ3v) is 4.89. The number of nitrogens with zero attached hydrogens (tertiary/aromatic N) is 1. The largest absolute Gasteiger partial charge is 0.435 e. The molecule has 1 atom stereocenters. The number of halogens is 2. The van der Waals surface area contributed by atoms with Crippen LogP contribution in [0, 0.1) is 0 Å². The highest BCUT2D eigenvalue weighted by atomic mass is 19.3. The van der Waals surface area contributed by atoms with E-state index in [-0.39, 0.29) is 11.7 Å². The zero-order chi connectivity index (χ0) is 21.5. The molecule has 0 radical (unpaired) electrons. The minimum atomic E-state index is -2.85. The molecule has 0 bridgehead atoms. The Hall–Kier alpha value is -3.25. The Bertz CT molecular complexity index is 962. The Labute approximate surface area is 175 Å². The summed E-state index contributed by atoms with van der Waals surface area (Å²) in [5, 5.41) is 3.02. The van der Waals surface area contributed by atoms with Crippen molar-refractivity contribution in [3.05, 3.63) is 84.4 Å². The molecule has 0 aliphatic rings. The Morgan fingerprint density at radius 2 is 1.60 bits per heavy atom. The lowest BCUT2D eigenvalue weighted by Gasteiger charge is -2.24. The maximum Gasteiger partial charge on any atom is 0.387 e. The molecule has 0 spiro atoms. The van der Waals surface area contributed by atoms with Crippen molar-refractivity contribution in [2.24, 2.45) is 0 Å². The molecule has 3 aromatic carbocycles. The van der Waals surface area contributed by atoms with Gasteiger partial charge in [-0.1, -0.05) is 60.7 Å². The molecule has 30 heavy (non-hydrogen) atoms. The van der Waals surface area contributed by atoms with E-state index in [4.69, 9.17) is 0 Å². The van der Waals surface area contributed by atoms with Crippen LogP contribution in [0.1, 0.15) is 12.5 Å². The minimum absolute atomic E-state index is 0.111. The Balaban J connectivity index is 1.65. The van der Waals surface area contributed by atoms with E-state index in [2.05, 4.69) is 10.1 Å². The molecule has 156 valence electrons. The first-order valence-electron chi connectivity index (χ1n) is 9.63. The highest BCUT2D eigenvalue weighted by molar-refractivity contribution is 5.98. The normalized spacial score (nSPS) is 12.1. The molecule has 0 saturated heterocycles. The number of para-hydroxylation sites is 1. The van der Waals surface area contributed by atoms with Gasteiger partial charge in [0.15, 0.2) is 0 Å². The SMILES string of the molecule is C[C@H](C(=O)Nc1ccccc1-c1ccccc1)N(C)Cc1ccc(OC(F)F)cc1. The third kappa shape index (κ3) is 5.64. The zero-order valence-electron chi connectivity index (χ0n) is 16.9. The topological polar surface area (TPSA) is 41.6 Å². The number of nitrogens with one attached hydrogen (secondary N) is 1. The molecule has 0 saturated carbocycles. The second-order valence-electron chi connectivity index (χ2n) is 7.01. The van der Waals surface area contributed by atoms with E-state index in [0.717, 1.165) is 22.4 Å². The van der Waals surface area contributed by atoms with Gasteiger partial charge < -0.3 is 10.1 Å². The zero-order valence-corrected chi connectivity index (χ0v) is 16.9. The number of rotatable bonds is 8. The number of carbonyl (C=O) groups excluding carboxylic acids is 1. The third-order valence-electron chi connectivity index (χ3n) is 4.89. The summed E-state index contributed by atoms with van der Waals surface area (Å²) >= 11 is 0. The van der Waals surface area contributed by atoms with E-state index in [1.807, 2.05) is 73.5 Å². The fourth-order valence-electron chi connectivity index (χ4n) is 3.10. The van der Waals surface area contributed by atoms with Crippen molar-refractivity contribution in [3.8, 4) is 16.9 Å². The van der Waals surface area contributed by atoms with E-state index < -0.39 is 12.7 Å². The monoisotopic (exact) mass is 410 g/mol. The summed E-state index contributed by atoms with van der Waals surface area (Å²) in [6.07, 6.45) is 0. The average Bonchev–Trinajstić information content (AvgIpc) is 2.75. The van der Waals surface area contributed by atoms with E-state index in [9.17, 15) is 13.6 Å². The smallest absolute Gasteiger partial charge is 0.387 e. The first-order valence-corrected chi connectivity index (χ1v) is 9.63. The van der Waals surface area contributed by atoms with Gasteiger partial charge in [-0.2, -0.15) is 8.78 Å². The summed E-state index contributed by atoms with van der Waals surface area (Å²) in [6, 6.07) is 23.6. The van der Waals surface area contributed by atoms with Crippen molar-refractivity contribution in [2.75, 3.05) is 12.4 Å². The van der Waals surface area contributed by atoms with Crippen LogP contribution in [0.2, 0.25) is 0 Å². The van der Waals surface area contributed by atoms with Gasteiger partial charge in [0, 0.05) is 17.8 Å². The summed E-state index contributed by atoms with van der Waals surface area (Å²) < 4.78 is 28.9. The van der Waals surface area contributed by atoms with Crippen LogP contribution in [-0.4, -0.2) is 30.5 Å². The number of hydrogen-bond acceptors (Lipinski definition) is 3. The van der Waals surface area contributed by atoms with E-state index >= 15 is 0 Å². The summed E-state index contributed by atoms with van der Waals surface area (Å²) in [4.78, 5) is 14.7. The van der Waals surface area contributed by atoms with Crippen LogP contribution in [-0.2, 0) is 11.3 Å². The summed E-state index contributed by atoms with van der Waals surface area (Å²) in [5.74, 6) is -0.0155. The number of likely N-dealkylation sites (N-methyl/N-ethyl adjacent to an activating group) is 1. The Morgan fingerprint density at radius 3 is 2.27 bits per heavy atom. The number of ether oxygens (including phenoxy) is 1. The Morgan fingerprint density at radius 1 is 0.967 bits per heavy atom. The van der Waals surface area contributed by atoms with E-state index in [1.54, 1.807) is 12.1 Å². The molecule has 0 aliphatic carbocycles. The second kappa shape index (κ2) is 9.98. The van der Waals surface area contributed by atoms with Crippen LogP contribution in [0.4, 0.5) is 14.5 Å². The number of benzene rings is 3. The molecule has 0 aromatic heterocycles. The number of alkyl halides is 2. The molecule has 0 heterocycles. The number of amides is 1. The molecular weight excluding hydrogens is 386 g/mol. The standard InChI is InChI=1S/C24H24F2N2O2/c1-17(28(2)16-18-12-14-20(15-13-18)30-24(25)26)23(29)27-22-11-7-6-10-21(22)19-8-4-3-5-9-19/h3-15,17,24H,16H2,1-2H3,(H,27,29)/t17-/m1/s1. The quantitative estimate of drug-likeness (QED) is 0.540. The van der Waals surface area contributed by atoms with Gasteiger partial charge in [-0.3, -0.25) is 9.69 Å². The van der Waals surface area contributed by atoms with Gasteiger partial charge >= 0.3 is 6.61 Å². The van der Waals surface area contributed by atoms with Gasteiger partial charge in [0.2, 0.25) is 5.91 Å². The molecule has 0 aliphatic heterocycles. The number of anilines is 1. The van der Waals surface area contributed by atoms with Crippen LogP contribution in [0.15, 0.2) is 78.9 Å². The van der Waals surface area contributed by atoms with Crippen LogP contribution in [0.5, 0.6) is 5.75 Å². The summed E-state index contributed by atoms with van der Waals surface area (Å²) in [6.45, 7) is -0.528. The molecular formula is C24H24F2N2O2. The lowest BCUT2D eigenvalue weighted by Crippen LogP contribution is -2.39. The van der Waals surface area contributed by atoms with Gasteiger partial charge in [0.05, 0.1) is 6.04 Å². The summed E-state index contributed by atoms with van der Waals surface area (Å²) in [5.41, 5.74) is 3.63. The van der Waals surface area contributed by atoms with Crippen molar-refractivity contribution in [1.29, 1.82) is 0 Å². The molecule has 1 amide bonds. The highest BCUT2D eigenvalue weighted by Crippen LogP contribution is 2.27. The molecule has 6 heteroatoms. The van der Waals surface area contributed by atoms with Crippen LogP contribution < -0.4 is 10.1 Å². The van der Waals surface area contributed by atoms with Crippen molar-refractivity contribution in [2.45, 2.75) is 26.1 Å². The molecule has 1 N–H and O–H groups in total. The second-order valence-corrected chi connectivity index (χ2v) is 7.01. The lowest BCUT2D eigenvalue weighted by molar-refractivity contribution is -0.120. The van der Waals surface area contributed by atoms with Crippen molar-refractivity contribution >= 4 is 11.6 Å². The van der Waals surface area contributed by atoms with Gasteiger partial charge in [0.25, 0.3) is 0 Å². The average molecular weight is 410 g/mol. The van der Waals surface area contributed by atoms with Crippen LogP contribution in [0.25, 0.3) is 11.1 Å². The molecule has 4 nitrogen and oxygen atoms in total. The van der Waals surface area contributed by atoms with Crippen LogP contribution >= 0.6 is 0 Å². The highest BCUT2D eigenvalue weighted by Gasteiger charge is 2.19. The maximum absolute atomic E-state index is 12.8. The van der Waals surface area contributed by atoms with E-state index in [1.165, 1.54) is 12.1 Å². The molecule has 3 aromatic rings. The molecule has 0 fully saturated rings.